The van der Waals surface area contributed by atoms with Crippen LogP contribution in [0.5, 0.6) is 0 Å². The maximum absolute atomic E-state index is 5.03. The number of likely N-dealkylation sites (tertiary alicyclic amines) is 2. The van der Waals surface area contributed by atoms with Crippen LogP contribution in [0, 0.1) is 5.92 Å². The Bertz CT molecular complexity index is 236. The van der Waals surface area contributed by atoms with E-state index in [0.29, 0.717) is 0 Å². The van der Waals surface area contributed by atoms with Gasteiger partial charge in [0.2, 0.25) is 0 Å². The summed E-state index contributed by atoms with van der Waals surface area (Å²) >= 11 is 0. The van der Waals surface area contributed by atoms with Crippen molar-refractivity contribution < 1.29 is 4.74 Å². The fourth-order valence-electron chi connectivity index (χ4n) is 3.45. The van der Waals surface area contributed by atoms with Gasteiger partial charge in [0.25, 0.3) is 0 Å². The summed E-state index contributed by atoms with van der Waals surface area (Å²) in [5.74, 6) is 0.962. The summed E-state index contributed by atoms with van der Waals surface area (Å²) in [4.78, 5) is 5.33. The standard InChI is InChI=1S/C16H33N3O/c1-20-14-8-17-7-4-11-18-12-5-16(6-13-18)15-19-9-2-3-10-19/h16-17H,2-15H2,1H3. The predicted molar refractivity (Wildman–Crippen MR) is 84.2 cm³/mol. The lowest BCUT2D eigenvalue weighted by Gasteiger charge is -2.33. The minimum atomic E-state index is 0.821. The zero-order chi connectivity index (χ0) is 14.0. The molecule has 0 radical (unpaired) electrons. The number of nitrogens with zero attached hydrogens (tertiary/aromatic N) is 2. The molecule has 0 aromatic carbocycles. The molecular formula is C16H33N3O. The Morgan fingerprint density at radius 1 is 1.00 bits per heavy atom. The second kappa shape index (κ2) is 9.72. The highest BCUT2D eigenvalue weighted by Gasteiger charge is 2.22. The summed E-state index contributed by atoms with van der Waals surface area (Å²) < 4.78 is 5.03. The fraction of sp³-hybridized carbons (Fsp3) is 1.00. The molecule has 2 saturated heterocycles. The Morgan fingerprint density at radius 2 is 1.75 bits per heavy atom. The van der Waals surface area contributed by atoms with Gasteiger partial charge < -0.3 is 19.9 Å². The van der Waals surface area contributed by atoms with Crippen molar-refractivity contribution in [2.75, 3.05) is 66.1 Å². The van der Waals surface area contributed by atoms with Gasteiger partial charge in [0.05, 0.1) is 6.61 Å². The lowest BCUT2D eigenvalue weighted by molar-refractivity contribution is 0.152. The van der Waals surface area contributed by atoms with Crippen LogP contribution < -0.4 is 5.32 Å². The minimum absolute atomic E-state index is 0.821. The normalized spacial score (nSPS) is 22.6. The molecule has 2 aliphatic heterocycles. The Balaban J connectivity index is 1.46. The van der Waals surface area contributed by atoms with Crippen molar-refractivity contribution >= 4 is 0 Å². The largest absolute Gasteiger partial charge is 0.383 e. The van der Waals surface area contributed by atoms with Crippen LogP contribution in [-0.2, 0) is 4.74 Å². The summed E-state index contributed by atoms with van der Waals surface area (Å²) in [6, 6.07) is 0. The molecule has 2 heterocycles. The number of methoxy groups -OCH3 is 1. The van der Waals surface area contributed by atoms with E-state index in [9.17, 15) is 0 Å². The first-order chi connectivity index (χ1) is 9.88. The molecule has 0 aromatic heterocycles. The molecule has 118 valence electrons. The van der Waals surface area contributed by atoms with Crippen molar-refractivity contribution in [3.05, 3.63) is 0 Å². The molecule has 0 spiro atoms. The third kappa shape index (κ3) is 6.08. The van der Waals surface area contributed by atoms with E-state index in [1.807, 2.05) is 0 Å². The predicted octanol–water partition coefficient (Wildman–Crippen LogP) is 1.42. The van der Waals surface area contributed by atoms with Gasteiger partial charge >= 0.3 is 0 Å². The number of piperidine rings is 1. The van der Waals surface area contributed by atoms with Crippen molar-refractivity contribution in [3.63, 3.8) is 0 Å². The summed E-state index contributed by atoms with van der Waals surface area (Å²) in [6.07, 6.45) is 6.94. The molecule has 0 bridgehead atoms. The quantitative estimate of drug-likeness (QED) is 0.648. The van der Waals surface area contributed by atoms with Crippen molar-refractivity contribution in [2.24, 2.45) is 5.92 Å². The van der Waals surface area contributed by atoms with Gasteiger partial charge in [-0.15, -0.1) is 0 Å². The van der Waals surface area contributed by atoms with Crippen molar-refractivity contribution in [2.45, 2.75) is 32.1 Å². The molecule has 1 N–H and O–H groups in total. The fourth-order valence-corrected chi connectivity index (χ4v) is 3.45. The maximum atomic E-state index is 5.03. The average molecular weight is 283 g/mol. The molecule has 20 heavy (non-hydrogen) atoms. The van der Waals surface area contributed by atoms with Crippen LogP contribution in [0.4, 0.5) is 0 Å². The summed E-state index contributed by atoms with van der Waals surface area (Å²) in [6.45, 7) is 10.9. The number of hydrogen-bond donors (Lipinski definition) is 1. The maximum Gasteiger partial charge on any atom is 0.0587 e. The van der Waals surface area contributed by atoms with Crippen molar-refractivity contribution in [3.8, 4) is 0 Å². The third-order valence-electron chi connectivity index (χ3n) is 4.73. The van der Waals surface area contributed by atoms with Gasteiger partial charge in [0.1, 0.15) is 0 Å². The zero-order valence-electron chi connectivity index (χ0n) is 13.3. The second-order valence-electron chi connectivity index (χ2n) is 6.39. The molecule has 4 heteroatoms. The van der Waals surface area contributed by atoms with E-state index in [2.05, 4.69) is 15.1 Å². The molecule has 0 aliphatic carbocycles. The van der Waals surface area contributed by atoms with Crippen LogP contribution in [0.2, 0.25) is 0 Å². The Kier molecular flexibility index (Phi) is 7.88. The van der Waals surface area contributed by atoms with E-state index in [1.165, 1.54) is 71.4 Å². The molecule has 2 fully saturated rings. The van der Waals surface area contributed by atoms with E-state index in [0.717, 1.165) is 25.6 Å². The lowest BCUT2D eigenvalue weighted by atomic mass is 9.96. The first-order valence-corrected chi connectivity index (χ1v) is 8.53. The number of hydrogen-bond acceptors (Lipinski definition) is 4. The van der Waals surface area contributed by atoms with Crippen LogP contribution in [0.25, 0.3) is 0 Å². The molecule has 0 unspecified atom stereocenters. The summed E-state index contributed by atoms with van der Waals surface area (Å²) in [5.41, 5.74) is 0. The van der Waals surface area contributed by atoms with E-state index >= 15 is 0 Å². The van der Waals surface area contributed by atoms with Gasteiger partial charge in [-0.05, 0) is 77.3 Å². The van der Waals surface area contributed by atoms with E-state index in [-0.39, 0.29) is 0 Å². The molecule has 0 atom stereocenters. The first kappa shape index (κ1) is 16.2. The van der Waals surface area contributed by atoms with E-state index < -0.39 is 0 Å². The number of nitrogens with one attached hydrogen (secondary N) is 1. The molecular weight excluding hydrogens is 250 g/mol. The van der Waals surface area contributed by atoms with Gasteiger partial charge in [-0.1, -0.05) is 0 Å². The monoisotopic (exact) mass is 283 g/mol. The molecule has 0 amide bonds. The average Bonchev–Trinajstić information content (AvgIpc) is 2.97. The Hall–Kier alpha value is -0.160. The second-order valence-corrected chi connectivity index (χ2v) is 6.39. The number of rotatable bonds is 9. The molecule has 4 nitrogen and oxygen atoms in total. The van der Waals surface area contributed by atoms with Crippen LogP contribution in [0.15, 0.2) is 0 Å². The molecule has 2 aliphatic rings. The Morgan fingerprint density at radius 3 is 2.45 bits per heavy atom. The van der Waals surface area contributed by atoms with Gasteiger partial charge in [-0.2, -0.15) is 0 Å². The highest BCUT2D eigenvalue weighted by atomic mass is 16.5. The first-order valence-electron chi connectivity index (χ1n) is 8.53. The van der Waals surface area contributed by atoms with Crippen LogP contribution >= 0.6 is 0 Å². The van der Waals surface area contributed by atoms with Gasteiger partial charge in [-0.25, -0.2) is 0 Å². The SMILES string of the molecule is COCCNCCCN1CCC(CN2CCCC2)CC1. The number of ether oxygens (including phenoxy) is 1. The van der Waals surface area contributed by atoms with Crippen LogP contribution in [0.3, 0.4) is 0 Å². The Labute approximate surface area is 124 Å². The van der Waals surface area contributed by atoms with E-state index in [1.54, 1.807) is 7.11 Å². The van der Waals surface area contributed by atoms with Crippen molar-refractivity contribution in [1.29, 1.82) is 0 Å². The van der Waals surface area contributed by atoms with Gasteiger partial charge in [-0.3, -0.25) is 0 Å². The van der Waals surface area contributed by atoms with Crippen molar-refractivity contribution in [1.82, 2.24) is 15.1 Å². The smallest absolute Gasteiger partial charge is 0.0587 e. The third-order valence-corrected chi connectivity index (χ3v) is 4.73. The molecule has 0 aromatic rings. The zero-order valence-corrected chi connectivity index (χ0v) is 13.3. The lowest BCUT2D eigenvalue weighted by Crippen LogP contribution is -2.39. The molecule has 2 rings (SSSR count). The summed E-state index contributed by atoms with van der Waals surface area (Å²) in [7, 11) is 1.76. The summed E-state index contributed by atoms with van der Waals surface area (Å²) in [5, 5.41) is 3.42. The van der Waals surface area contributed by atoms with E-state index in [4.69, 9.17) is 4.74 Å². The highest BCUT2D eigenvalue weighted by Crippen LogP contribution is 2.20. The van der Waals surface area contributed by atoms with Gasteiger partial charge in [0, 0.05) is 20.2 Å². The highest BCUT2D eigenvalue weighted by molar-refractivity contribution is 4.77. The van der Waals surface area contributed by atoms with Gasteiger partial charge in [0.15, 0.2) is 0 Å². The minimum Gasteiger partial charge on any atom is -0.383 e. The molecule has 0 saturated carbocycles. The van der Waals surface area contributed by atoms with Crippen LogP contribution in [0.1, 0.15) is 32.1 Å². The van der Waals surface area contributed by atoms with Crippen LogP contribution in [-0.4, -0.2) is 75.9 Å². The topological polar surface area (TPSA) is 27.7 Å².